The van der Waals surface area contributed by atoms with Gasteiger partial charge < -0.3 is 5.32 Å². The third-order valence-corrected chi connectivity index (χ3v) is 5.06. The van der Waals surface area contributed by atoms with Gasteiger partial charge in [-0.2, -0.15) is 5.10 Å². The minimum atomic E-state index is 0.567. The van der Waals surface area contributed by atoms with Crippen LogP contribution in [0.25, 0.3) is 5.82 Å². The van der Waals surface area contributed by atoms with Crippen molar-refractivity contribution in [2.24, 2.45) is 5.92 Å². The predicted molar refractivity (Wildman–Crippen MR) is 96.3 cm³/mol. The first-order valence-electron chi connectivity index (χ1n) is 9.11. The first kappa shape index (κ1) is 16.9. The highest BCUT2D eigenvalue weighted by atomic mass is 15.3. The molecule has 1 fully saturated rings. The van der Waals surface area contributed by atoms with Gasteiger partial charge in [0.15, 0.2) is 5.82 Å². The van der Waals surface area contributed by atoms with Crippen LogP contribution in [0.1, 0.15) is 39.5 Å². The molecule has 1 aliphatic heterocycles. The van der Waals surface area contributed by atoms with Crippen LogP contribution < -0.4 is 5.32 Å². The smallest absolute Gasteiger partial charge is 0.173 e. The average molecular weight is 328 g/mol. The van der Waals surface area contributed by atoms with E-state index >= 15 is 0 Å². The molecule has 0 aliphatic carbocycles. The Morgan fingerprint density at radius 2 is 1.96 bits per heavy atom. The maximum absolute atomic E-state index is 4.63. The number of rotatable bonds is 8. The van der Waals surface area contributed by atoms with Gasteiger partial charge in [0.25, 0.3) is 0 Å². The van der Waals surface area contributed by atoms with Crippen LogP contribution in [0.4, 0.5) is 5.82 Å². The average Bonchev–Trinajstić information content (AvgIpc) is 3.32. The highest BCUT2D eigenvalue weighted by molar-refractivity contribution is 5.35. The van der Waals surface area contributed by atoms with Crippen molar-refractivity contribution in [3.05, 3.63) is 30.9 Å². The highest BCUT2D eigenvalue weighted by Crippen LogP contribution is 2.23. The number of aromatic nitrogens is 4. The first-order valence-corrected chi connectivity index (χ1v) is 9.11. The molecule has 2 aromatic heterocycles. The van der Waals surface area contributed by atoms with Gasteiger partial charge in [0.05, 0.1) is 12.4 Å². The van der Waals surface area contributed by atoms with E-state index in [1.165, 1.54) is 38.8 Å². The molecule has 0 aromatic carbocycles. The number of nitrogens with zero attached hydrogens (tertiary/aromatic N) is 5. The predicted octanol–water partition coefficient (Wildman–Crippen LogP) is 2.97. The van der Waals surface area contributed by atoms with Gasteiger partial charge in [-0.1, -0.05) is 26.7 Å². The van der Waals surface area contributed by atoms with E-state index in [0.717, 1.165) is 24.1 Å². The van der Waals surface area contributed by atoms with Crippen LogP contribution in [-0.4, -0.2) is 50.3 Å². The van der Waals surface area contributed by atoms with Gasteiger partial charge in [0, 0.05) is 25.0 Å². The lowest BCUT2D eigenvalue weighted by Gasteiger charge is -2.34. The summed E-state index contributed by atoms with van der Waals surface area (Å²) in [6.07, 6.45) is 12.2. The third-order valence-electron chi connectivity index (χ3n) is 5.06. The summed E-state index contributed by atoms with van der Waals surface area (Å²) in [7, 11) is 0. The Balaban J connectivity index is 1.68. The lowest BCUT2D eigenvalue weighted by atomic mass is 9.93. The molecule has 130 valence electrons. The van der Waals surface area contributed by atoms with E-state index in [1.54, 1.807) is 23.3 Å². The van der Waals surface area contributed by atoms with Crippen molar-refractivity contribution < 1.29 is 0 Å². The Bertz CT molecular complexity index is 600. The van der Waals surface area contributed by atoms with Crippen LogP contribution in [0.15, 0.2) is 30.9 Å². The molecule has 1 atom stereocenters. The molecule has 24 heavy (non-hydrogen) atoms. The summed E-state index contributed by atoms with van der Waals surface area (Å²) in [5.41, 5.74) is 0. The standard InChI is InChI=1S/C18H28N6/c1-3-15(4-2)16(23-9-5-6-10-23)12-20-17-13-19-14-18(22-17)24-11-7-8-21-24/h7-8,11,13-16H,3-6,9-10,12H2,1-2H3,(H,20,22). The van der Waals surface area contributed by atoms with Gasteiger partial charge in [-0.25, -0.2) is 9.67 Å². The van der Waals surface area contributed by atoms with Crippen molar-refractivity contribution in [2.45, 2.75) is 45.6 Å². The molecule has 0 saturated carbocycles. The zero-order chi connectivity index (χ0) is 16.8. The van der Waals surface area contributed by atoms with E-state index in [1.807, 2.05) is 12.3 Å². The maximum Gasteiger partial charge on any atom is 0.173 e. The zero-order valence-electron chi connectivity index (χ0n) is 14.7. The van der Waals surface area contributed by atoms with E-state index < -0.39 is 0 Å². The minimum absolute atomic E-state index is 0.567. The Kier molecular flexibility index (Phi) is 5.80. The molecular weight excluding hydrogens is 300 g/mol. The second-order valence-electron chi connectivity index (χ2n) is 6.48. The molecule has 0 spiro atoms. The molecule has 1 N–H and O–H groups in total. The van der Waals surface area contributed by atoms with Crippen LogP contribution in [0, 0.1) is 5.92 Å². The van der Waals surface area contributed by atoms with E-state index in [4.69, 9.17) is 0 Å². The largest absolute Gasteiger partial charge is 0.367 e. The summed E-state index contributed by atoms with van der Waals surface area (Å²) < 4.78 is 1.73. The molecule has 0 amide bonds. The SMILES string of the molecule is CCC(CC)C(CNc1cncc(-n2cccn2)n1)N1CCCC1. The van der Waals surface area contributed by atoms with Crippen LogP contribution in [0.2, 0.25) is 0 Å². The van der Waals surface area contributed by atoms with Crippen LogP contribution in [0.3, 0.4) is 0 Å². The number of anilines is 1. The number of likely N-dealkylation sites (tertiary alicyclic amines) is 1. The molecule has 3 rings (SSSR count). The third kappa shape index (κ3) is 3.93. The van der Waals surface area contributed by atoms with Crippen molar-refractivity contribution in [3.63, 3.8) is 0 Å². The molecule has 1 saturated heterocycles. The van der Waals surface area contributed by atoms with Crippen molar-refractivity contribution in [1.29, 1.82) is 0 Å². The Morgan fingerprint density at radius 3 is 2.62 bits per heavy atom. The van der Waals surface area contributed by atoms with Crippen LogP contribution in [0.5, 0.6) is 0 Å². The fraction of sp³-hybridized carbons (Fsp3) is 0.611. The Hall–Kier alpha value is -1.95. The van der Waals surface area contributed by atoms with Gasteiger partial charge in [-0.15, -0.1) is 0 Å². The van der Waals surface area contributed by atoms with E-state index in [0.29, 0.717) is 6.04 Å². The van der Waals surface area contributed by atoms with Crippen molar-refractivity contribution in [1.82, 2.24) is 24.6 Å². The molecule has 0 radical (unpaired) electrons. The summed E-state index contributed by atoms with van der Waals surface area (Å²) in [5.74, 6) is 2.28. The summed E-state index contributed by atoms with van der Waals surface area (Å²) in [4.78, 5) is 11.6. The molecule has 2 aromatic rings. The van der Waals surface area contributed by atoms with Crippen LogP contribution >= 0.6 is 0 Å². The number of hydrogen-bond donors (Lipinski definition) is 1. The van der Waals surface area contributed by atoms with Gasteiger partial charge >= 0.3 is 0 Å². The van der Waals surface area contributed by atoms with Gasteiger partial charge in [0.1, 0.15) is 5.82 Å². The fourth-order valence-electron chi connectivity index (χ4n) is 3.66. The second-order valence-corrected chi connectivity index (χ2v) is 6.48. The van der Waals surface area contributed by atoms with Crippen LogP contribution in [-0.2, 0) is 0 Å². The monoisotopic (exact) mass is 328 g/mol. The fourth-order valence-corrected chi connectivity index (χ4v) is 3.66. The summed E-state index contributed by atoms with van der Waals surface area (Å²) in [6.45, 7) is 7.97. The van der Waals surface area contributed by atoms with Crippen molar-refractivity contribution >= 4 is 5.82 Å². The van der Waals surface area contributed by atoms with E-state index in [-0.39, 0.29) is 0 Å². The van der Waals surface area contributed by atoms with E-state index in [2.05, 4.69) is 39.1 Å². The van der Waals surface area contributed by atoms with Crippen molar-refractivity contribution in [3.8, 4) is 5.82 Å². The Labute approximate surface area is 144 Å². The molecule has 6 nitrogen and oxygen atoms in total. The van der Waals surface area contributed by atoms with E-state index in [9.17, 15) is 0 Å². The lowest BCUT2D eigenvalue weighted by molar-refractivity contribution is 0.175. The van der Waals surface area contributed by atoms with Gasteiger partial charge in [-0.05, 0) is 37.9 Å². The second kappa shape index (κ2) is 8.24. The summed E-state index contributed by atoms with van der Waals surface area (Å²) in [5, 5.41) is 7.74. The maximum atomic E-state index is 4.63. The number of nitrogens with one attached hydrogen (secondary N) is 1. The molecule has 1 aliphatic rings. The number of hydrogen-bond acceptors (Lipinski definition) is 5. The lowest BCUT2D eigenvalue weighted by Crippen LogP contribution is -2.43. The van der Waals surface area contributed by atoms with Gasteiger partial charge in [-0.3, -0.25) is 9.88 Å². The topological polar surface area (TPSA) is 58.9 Å². The quantitative estimate of drug-likeness (QED) is 0.807. The Morgan fingerprint density at radius 1 is 1.17 bits per heavy atom. The van der Waals surface area contributed by atoms with Gasteiger partial charge in [0.2, 0.25) is 0 Å². The summed E-state index contributed by atoms with van der Waals surface area (Å²) >= 11 is 0. The molecule has 1 unspecified atom stereocenters. The zero-order valence-corrected chi connectivity index (χ0v) is 14.7. The molecule has 0 bridgehead atoms. The van der Waals surface area contributed by atoms with Crippen molar-refractivity contribution in [2.75, 3.05) is 25.0 Å². The highest BCUT2D eigenvalue weighted by Gasteiger charge is 2.27. The molecule has 3 heterocycles. The molecule has 6 heteroatoms. The normalized spacial score (nSPS) is 16.6. The summed E-state index contributed by atoms with van der Waals surface area (Å²) in [6, 6.07) is 2.45. The first-order chi connectivity index (χ1) is 11.8. The minimum Gasteiger partial charge on any atom is -0.367 e. The molecular formula is C18H28N6.